The number of hydrogen-bond donors (Lipinski definition) is 0. The smallest absolute Gasteiger partial charge is 0.336 e. The van der Waals surface area contributed by atoms with Crippen molar-refractivity contribution < 1.29 is 9.15 Å². The molecule has 0 bridgehead atoms. The van der Waals surface area contributed by atoms with Gasteiger partial charge < -0.3 is 9.15 Å². The van der Waals surface area contributed by atoms with Gasteiger partial charge in [0.15, 0.2) is 0 Å². The molecule has 21 heavy (non-hydrogen) atoms. The minimum Gasteiger partial charge on any atom is -0.423 e. The van der Waals surface area contributed by atoms with Crippen LogP contribution in [0.25, 0.3) is 22.1 Å². The molecule has 3 aromatic rings. The fourth-order valence-electron chi connectivity index (χ4n) is 2.56. The number of methoxy groups -OCH3 is 1. The second kappa shape index (κ2) is 5.54. The molecule has 0 aliphatic rings. The average Bonchev–Trinajstić information content (AvgIpc) is 2.47. The average molecular weight is 280 g/mol. The topological polar surface area (TPSA) is 39.4 Å². The summed E-state index contributed by atoms with van der Waals surface area (Å²) >= 11 is 0. The van der Waals surface area contributed by atoms with Crippen LogP contribution in [0.15, 0.2) is 57.7 Å². The Labute approximate surface area is 122 Å². The Kier molecular flexibility index (Phi) is 3.59. The zero-order chi connectivity index (χ0) is 14.8. The van der Waals surface area contributed by atoms with Crippen molar-refractivity contribution in [3.8, 4) is 11.1 Å². The van der Waals surface area contributed by atoms with E-state index in [-0.39, 0.29) is 5.63 Å². The van der Waals surface area contributed by atoms with Gasteiger partial charge in [-0.15, -0.1) is 0 Å². The van der Waals surface area contributed by atoms with Crippen LogP contribution in [0.5, 0.6) is 0 Å². The molecular weight excluding hydrogens is 264 g/mol. The van der Waals surface area contributed by atoms with Crippen molar-refractivity contribution >= 4 is 11.0 Å². The first-order valence-corrected chi connectivity index (χ1v) is 6.81. The highest BCUT2D eigenvalue weighted by atomic mass is 16.5. The van der Waals surface area contributed by atoms with Crippen molar-refractivity contribution in [2.45, 2.75) is 13.5 Å². The number of aryl methyl sites for hydroxylation is 1. The second-order valence-corrected chi connectivity index (χ2v) is 5.06. The van der Waals surface area contributed by atoms with Gasteiger partial charge in [-0.05, 0) is 29.7 Å². The number of ether oxygens (including phenoxy) is 1. The summed E-state index contributed by atoms with van der Waals surface area (Å²) in [4.78, 5) is 11.9. The Bertz CT molecular complexity index is 846. The predicted octanol–water partition coefficient (Wildman–Crippen LogP) is 3.91. The van der Waals surface area contributed by atoms with Gasteiger partial charge in [0.25, 0.3) is 0 Å². The third-order valence-electron chi connectivity index (χ3n) is 3.56. The molecule has 3 nitrogen and oxygen atoms in total. The highest BCUT2D eigenvalue weighted by Gasteiger charge is 2.10. The van der Waals surface area contributed by atoms with Gasteiger partial charge >= 0.3 is 5.63 Å². The SMILES string of the molecule is COCc1ccc2c(-c3ccccc3C)cc(=O)oc2c1. The molecule has 1 heterocycles. The summed E-state index contributed by atoms with van der Waals surface area (Å²) in [6, 6.07) is 15.4. The van der Waals surface area contributed by atoms with Crippen molar-refractivity contribution in [3.63, 3.8) is 0 Å². The highest BCUT2D eigenvalue weighted by Crippen LogP contribution is 2.30. The standard InChI is InChI=1S/C18H16O3/c1-12-5-3-4-6-14(12)16-10-18(19)21-17-9-13(11-20-2)7-8-15(16)17/h3-10H,11H2,1-2H3. The zero-order valence-electron chi connectivity index (χ0n) is 12.1. The number of hydrogen-bond acceptors (Lipinski definition) is 3. The minimum atomic E-state index is -0.338. The van der Waals surface area contributed by atoms with Crippen molar-refractivity contribution in [1.82, 2.24) is 0 Å². The highest BCUT2D eigenvalue weighted by molar-refractivity contribution is 5.94. The van der Waals surface area contributed by atoms with Crippen LogP contribution in [-0.2, 0) is 11.3 Å². The van der Waals surface area contributed by atoms with Crippen LogP contribution in [0, 0.1) is 6.92 Å². The molecule has 0 saturated carbocycles. The second-order valence-electron chi connectivity index (χ2n) is 5.06. The molecule has 3 heteroatoms. The zero-order valence-corrected chi connectivity index (χ0v) is 12.1. The summed E-state index contributed by atoms with van der Waals surface area (Å²) in [5.74, 6) is 0. The largest absolute Gasteiger partial charge is 0.423 e. The molecule has 106 valence electrons. The maximum absolute atomic E-state index is 11.9. The van der Waals surface area contributed by atoms with Crippen LogP contribution < -0.4 is 5.63 Å². The monoisotopic (exact) mass is 280 g/mol. The molecule has 0 spiro atoms. The lowest BCUT2D eigenvalue weighted by atomic mass is 9.97. The number of benzene rings is 2. The molecule has 0 radical (unpaired) electrons. The van der Waals surface area contributed by atoms with E-state index < -0.39 is 0 Å². The molecule has 0 aliphatic carbocycles. The molecule has 0 N–H and O–H groups in total. The lowest BCUT2D eigenvalue weighted by molar-refractivity contribution is 0.185. The molecule has 0 unspecified atom stereocenters. The number of fused-ring (bicyclic) bond motifs is 1. The van der Waals surface area contributed by atoms with Crippen LogP contribution in [-0.4, -0.2) is 7.11 Å². The van der Waals surface area contributed by atoms with E-state index in [1.165, 1.54) is 0 Å². The summed E-state index contributed by atoms with van der Waals surface area (Å²) in [6.07, 6.45) is 0. The summed E-state index contributed by atoms with van der Waals surface area (Å²) in [7, 11) is 1.64. The lowest BCUT2D eigenvalue weighted by Crippen LogP contribution is -1.99. The van der Waals surface area contributed by atoms with Gasteiger partial charge in [-0.3, -0.25) is 0 Å². The van der Waals surface area contributed by atoms with Crippen LogP contribution in [0.4, 0.5) is 0 Å². The Hall–Kier alpha value is -2.39. The summed E-state index contributed by atoms with van der Waals surface area (Å²) in [5.41, 5.74) is 4.32. The van der Waals surface area contributed by atoms with E-state index in [4.69, 9.17) is 9.15 Å². The van der Waals surface area contributed by atoms with Gasteiger partial charge in [-0.1, -0.05) is 36.4 Å². The summed E-state index contributed by atoms with van der Waals surface area (Å²) in [6.45, 7) is 2.53. The molecule has 0 atom stereocenters. The normalized spacial score (nSPS) is 11.0. The van der Waals surface area contributed by atoms with Crippen molar-refractivity contribution in [2.24, 2.45) is 0 Å². The molecule has 2 aromatic carbocycles. The quantitative estimate of drug-likeness (QED) is 0.683. The van der Waals surface area contributed by atoms with E-state index in [1.807, 2.05) is 49.4 Å². The van der Waals surface area contributed by atoms with Crippen LogP contribution in [0.1, 0.15) is 11.1 Å². The van der Waals surface area contributed by atoms with Crippen LogP contribution in [0.3, 0.4) is 0 Å². The molecule has 0 amide bonds. The van der Waals surface area contributed by atoms with Gasteiger partial charge in [-0.2, -0.15) is 0 Å². The predicted molar refractivity (Wildman–Crippen MR) is 83.4 cm³/mol. The van der Waals surface area contributed by atoms with Crippen LogP contribution in [0.2, 0.25) is 0 Å². The number of rotatable bonds is 3. The molecule has 0 aliphatic heterocycles. The first-order chi connectivity index (χ1) is 10.2. The first kappa shape index (κ1) is 13.6. The van der Waals surface area contributed by atoms with Crippen molar-refractivity contribution in [3.05, 3.63) is 70.1 Å². The Morgan fingerprint density at radius 1 is 1.05 bits per heavy atom. The summed E-state index contributed by atoms with van der Waals surface area (Å²) < 4.78 is 10.5. The molecule has 0 saturated heterocycles. The Morgan fingerprint density at radius 3 is 2.62 bits per heavy atom. The lowest BCUT2D eigenvalue weighted by Gasteiger charge is -2.09. The van der Waals surface area contributed by atoms with E-state index >= 15 is 0 Å². The van der Waals surface area contributed by atoms with E-state index in [0.717, 1.165) is 27.6 Å². The Balaban J connectivity index is 2.28. The fourth-order valence-corrected chi connectivity index (χ4v) is 2.56. The summed E-state index contributed by atoms with van der Waals surface area (Å²) in [5, 5.41) is 0.934. The third kappa shape index (κ3) is 2.60. The van der Waals surface area contributed by atoms with Gasteiger partial charge in [0, 0.05) is 24.1 Å². The van der Waals surface area contributed by atoms with Crippen molar-refractivity contribution in [2.75, 3.05) is 7.11 Å². The van der Waals surface area contributed by atoms with E-state index in [0.29, 0.717) is 12.2 Å². The Morgan fingerprint density at radius 2 is 1.86 bits per heavy atom. The maximum atomic E-state index is 11.9. The molecule has 0 fully saturated rings. The van der Waals surface area contributed by atoms with Gasteiger partial charge in [0.2, 0.25) is 0 Å². The molecule has 3 rings (SSSR count). The van der Waals surface area contributed by atoms with E-state index in [2.05, 4.69) is 0 Å². The molecular formula is C18H16O3. The van der Waals surface area contributed by atoms with E-state index in [9.17, 15) is 4.79 Å². The van der Waals surface area contributed by atoms with Gasteiger partial charge in [0.05, 0.1) is 6.61 Å². The van der Waals surface area contributed by atoms with Crippen molar-refractivity contribution in [1.29, 1.82) is 0 Å². The van der Waals surface area contributed by atoms with Crippen LogP contribution >= 0.6 is 0 Å². The fraction of sp³-hybridized carbons (Fsp3) is 0.167. The maximum Gasteiger partial charge on any atom is 0.336 e. The van der Waals surface area contributed by atoms with Gasteiger partial charge in [0.1, 0.15) is 5.58 Å². The van der Waals surface area contributed by atoms with E-state index in [1.54, 1.807) is 13.2 Å². The third-order valence-corrected chi connectivity index (χ3v) is 3.56. The first-order valence-electron chi connectivity index (χ1n) is 6.81. The molecule has 1 aromatic heterocycles. The minimum absolute atomic E-state index is 0.338. The van der Waals surface area contributed by atoms with Gasteiger partial charge in [-0.25, -0.2) is 4.79 Å².